The van der Waals surface area contributed by atoms with Crippen molar-refractivity contribution in [2.45, 2.75) is 25.9 Å². The largest absolute Gasteiger partial charge is 0.323 e. The molecule has 18 heavy (non-hydrogen) atoms. The fraction of sp³-hybridized carbons (Fsp3) is 0.500. The van der Waals surface area contributed by atoms with Gasteiger partial charge in [0.15, 0.2) is 0 Å². The highest BCUT2D eigenvalue weighted by Gasteiger charge is 2.13. The quantitative estimate of drug-likeness (QED) is 0.804. The summed E-state index contributed by atoms with van der Waals surface area (Å²) in [6, 6.07) is 2.51. The summed E-state index contributed by atoms with van der Waals surface area (Å²) in [5.74, 6) is 0.633. The predicted molar refractivity (Wildman–Crippen MR) is 76.0 cm³/mol. The molecule has 0 unspecified atom stereocenters. The number of pyridine rings is 1. The van der Waals surface area contributed by atoms with Crippen LogP contribution in [0, 0.1) is 0 Å². The van der Waals surface area contributed by atoms with E-state index in [1.165, 1.54) is 10.6 Å². The number of nitrogens with zero attached hydrogens (tertiary/aromatic N) is 1. The van der Waals surface area contributed by atoms with E-state index >= 15 is 0 Å². The van der Waals surface area contributed by atoms with Gasteiger partial charge in [-0.2, -0.15) is 11.8 Å². The SMILES string of the molecule is CCn1cc(NC(=O)[C@H](N)CCSC)ccc1=O. The Hall–Kier alpha value is -1.27. The highest BCUT2D eigenvalue weighted by Crippen LogP contribution is 2.06. The monoisotopic (exact) mass is 269 g/mol. The van der Waals surface area contributed by atoms with Crippen molar-refractivity contribution < 1.29 is 4.79 Å². The van der Waals surface area contributed by atoms with Crippen molar-refractivity contribution in [3.8, 4) is 0 Å². The van der Waals surface area contributed by atoms with Crippen LogP contribution in [-0.2, 0) is 11.3 Å². The average molecular weight is 269 g/mol. The van der Waals surface area contributed by atoms with E-state index in [-0.39, 0.29) is 11.5 Å². The smallest absolute Gasteiger partial charge is 0.250 e. The molecular weight excluding hydrogens is 250 g/mol. The third-order valence-corrected chi connectivity index (χ3v) is 3.21. The first-order chi connectivity index (χ1) is 8.58. The van der Waals surface area contributed by atoms with Gasteiger partial charge >= 0.3 is 0 Å². The number of aryl methyl sites for hydroxylation is 1. The molecular formula is C12H19N3O2S. The van der Waals surface area contributed by atoms with Crippen LogP contribution in [-0.4, -0.2) is 28.5 Å². The van der Waals surface area contributed by atoms with Crippen molar-refractivity contribution >= 4 is 23.4 Å². The molecule has 0 fully saturated rings. The van der Waals surface area contributed by atoms with Gasteiger partial charge in [-0.25, -0.2) is 0 Å². The minimum atomic E-state index is -0.514. The number of nitrogens with two attached hydrogens (primary N) is 1. The molecule has 1 amide bonds. The third-order valence-electron chi connectivity index (χ3n) is 2.56. The Labute approximate surface area is 111 Å². The highest BCUT2D eigenvalue weighted by atomic mass is 32.2. The molecule has 6 heteroatoms. The minimum Gasteiger partial charge on any atom is -0.323 e. The Morgan fingerprint density at radius 2 is 2.28 bits per heavy atom. The maximum Gasteiger partial charge on any atom is 0.250 e. The standard InChI is InChI=1S/C12H19N3O2S/c1-3-15-8-9(4-5-11(15)16)14-12(17)10(13)6-7-18-2/h4-5,8,10H,3,6-7,13H2,1-2H3,(H,14,17)/t10-/m1/s1. The summed E-state index contributed by atoms with van der Waals surface area (Å²) in [4.78, 5) is 23.2. The fourth-order valence-corrected chi connectivity index (χ4v) is 1.95. The fourth-order valence-electron chi connectivity index (χ4n) is 1.46. The molecule has 0 radical (unpaired) electrons. The lowest BCUT2D eigenvalue weighted by atomic mass is 10.2. The lowest BCUT2D eigenvalue weighted by Crippen LogP contribution is -2.36. The summed E-state index contributed by atoms with van der Waals surface area (Å²) in [6.45, 7) is 2.44. The Morgan fingerprint density at radius 3 is 2.89 bits per heavy atom. The van der Waals surface area contributed by atoms with Gasteiger partial charge in [-0.15, -0.1) is 0 Å². The van der Waals surface area contributed by atoms with E-state index in [0.717, 1.165) is 5.75 Å². The molecule has 0 aromatic carbocycles. The molecule has 0 saturated carbocycles. The molecule has 100 valence electrons. The summed E-state index contributed by atoms with van der Waals surface area (Å²) >= 11 is 1.66. The number of rotatable bonds is 6. The molecule has 0 aliphatic carbocycles. The van der Waals surface area contributed by atoms with Crippen LogP contribution >= 0.6 is 11.8 Å². The maximum atomic E-state index is 11.8. The molecule has 1 atom stereocenters. The van der Waals surface area contributed by atoms with Gasteiger partial charge in [0.2, 0.25) is 5.91 Å². The normalized spacial score (nSPS) is 12.2. The van der Waals surface area contributed by atoms with Gasteiger partial charge in [0, 0.05) is 18.8 Å². The van der Waals surface area contributed by atoms with Gasteiger partial charge in [-0.1, -0.05) is 0 Å². The molecule has 0 spiro atoms. The number of anilines is 1. The number of hydrogen-bond donors (Lipinski definition) is 2. The van der Waals surface area contributed by atoms with Crippen LogP contribution in [0.15, 0.2) is 23.1 Å². The maximum absolute atomic E-state index is 11.8. The first-order valence-corrected chi connectivity index (χ1v) is 7.23. The average Bonchev–Trinajstić information content (AvgIpc) is 2.37. The van der Waals surface area contributed by atoms with Gasteiger partial charge in [-0.3, -0.25) is 9.59 Å². The van der Waals surface area contributed by atoms with E-state index in [2.05, 4.69) is 5.32 Å². The van der Waals surface area contributed by atoms with Crippen molar-refractivity contribution in [3.63, 3.8) is 0 Å². The zero-order chi connectivity index (χ0) is 13.5. The zero-order valence-electron chi connectivity index (χ0n) is 10.7. The Morgan fingerprint density at radius 1 is 1.56 bits per heavy atom. The van der Waals surface area contributed by atoms with Crippen molar-refractivity contribution in [2.24, 2.45) is 5.73 Å². The second-order valence-corrected chi connectivity index (χ2v) is 4.90. The van der Waals surface area contributed by atoms with E-state index in [4.69, 9.17) is 5.73 Å². The Balaban J connectivity index is 2.67. The Kier molecular flexibility index (Phi) is 5.94. The van der Waals surface area contributed by atoms with Crippen LogP contribution in [0.5, 0.6) is 0 Å². The van der Waals surface area contributed by atoms with Crippen molar-refractivity contribution in [1.82, 2.24) is 4.57 Å². The van der Waals surface area contributed by atoms with Crippen molar-refractivity contribution in [3.05, 3.63) is 28.7 Å². The lowest BCUT2D eigenvalue weighted by molar-refractivity contribution is -0.117. The molecule has 0 bridgehead atoms. The van der Waals surface area contributed by atoms with Crippen LogP contribution in [0.25, 0.3) is 0 Å². The summed E-state index contributed by atoms with van der Waals surface area (Å²) in [5.41, 5.74) is 6.27. The molecule has 1 heterocycles. The summed E-state index contributed by atoms with van der Waals surface area (Å²) in [6.07, 6.45) is 4.24. The molecule has 0 saturated heterocycles. The van der Waals surface area contributed by atoms with Crippen molar-refractivity contribution in [1.29, 1.82) is 0 Å². The van der Waals surface area contributed by atoms with E-state index in [1.807, 2.05) is 13.2 Å². The molecule has 0 aliphatic heterocycles. The molecule has 1 aromatic heterocycles. The number of carbonyl (C=O) groups excluding carboxylic acids is 1. The van der Waals surface area contributed by atoms with E-state index in [0.29, 0.717) is 18.7 Å². The first-order valence-electron chi connectivity index (χ1n) is 5.84. The summed E-state index contributed by atoms with van der Waals surface area (Å²) in [7, 11) is 0. The van der Waals surface area contributed by atoms with Crippen LogP contribution in [0.3, 0.4) is 0 Å². The molecule has 0 aliphatic rings. The summed E-state index contributed by atoms with van der Waals surface area (Å²) < 4.78 is 1.53. The van der Waals surface area contributed by atoms with Gasteiger partial charge < -0.3 is 15.6 Å². The van der Waals surface area contributed by atoms with Gasteiger partial charge in [0.05, 0.1) is 11.7 Å². The third kappa shape index (κ3) is 4.19. The number of thioether (sulfide) groups is 1. The highest BCUT2D eigenvalue weighted by molar-refractivity contribution is 7.98. The Bertz CT molecular complexity index is 459. The number of aromatic nitrogens is 1. The second-order valence-electron chi connectivity index (χ2n) is 3.92. The summed E-state index contributed by atoms with van der Waals surface area (Å²) in [5, 5.41) is 2.72. The van der Waals surface area contributed by atoms with Crippen LogP contribution in [0.4, 0.5) is 5.69 Å². The van der Waals surface area contributed by atoms with Gasteiger partial charge in [0.1, 0.15) is 0 Å². The minimum absolute atomic E-state index is 0.0813. The molecule has 1 aromatic rings. The predicted octanol–water partition coefficient (Wildman–Crippen LogP) is 0.887. The van der Waals surface area contributed by atoms with Crippen LogP contribution in [0.1, 0.15) is 13.3 Å². The van der Waals surface area contributed by atoms with E-state index < -0.39 is 6.04 Å². The van der Waals surface area contributed by atoms with Gasteiger partial charge in [-0.05, 0) is 31.4 Å². The number of hydrogen-bond acceptors (Lipinski definition) is 4. The van der Waals surface area contributed by atoms with E-state index in [1.54, 1.807) is 24.0 Å². The number of carbonyl (C=O) groups is 1. The van der Waals surface area contributed by atoms with Crippen LogP contribution in [0.2, 0.25) is 0 Å². The molecule has 1 rings (SSSR count). The first kappa shape index (κ1) is 14.8. The molecule has 3 N–H and O–H groups in total. The number of amides is 1. The van der Waals surface area contributed by atoms with Gasteiger partial charge in [0.25, 0.3) is 5.56 Å². The van der Waals surface area contributed by atoms with Crippen LogP contribution < -0.4 is 16.6 Å². The second kappa shape index (κ2) is 7.23. The lowest BCUT2D eigenvalue weighted by Gasteiger charge is -2.12. The zero-order valence-corrected chi connectivity index (χ0v) is 11.5. The van der Waals surface area contributed by atoms with Crippen molar-refractivity contribution in [2.75, 3.05) is 17.3 Å². The topological polar surface area (TPSA) is 77.1 Å². The number of nitrogens with one attached hydrogen (secondary N) is 1. The molecule has 5 nitrogen and oxygen atoms in total. The van der Waals surface area contributed by atoms with E-state index in [9.17, 15) is 9.59 Å².